The number of aromatic amines is 1. The maximum absolute atomic E-state index is 14.1. The van der Waals surface area contributed by atoms with Crippen LogP contribution >= 0.6 is 0 Å². The molecule has 6 heteroatoms. The van der Waals surface area contributed by atoms with Crippen molar-refractivity contribution in [2.75, 3.05) is 13.7 Å². The second kappa shape index (κ2) is 8.77. The highest BCUT2D eigenvalue weighted by Crippen LogP contribution is 2.44. The lowest BCUT2D eigenvalue weighted by atomic mass is 9.84. The number of carbonyl (C=O) groups is 2. The molecule has 38 heavy (non-hydrogen) atoms. The van der Waals surface area contributed by atoms with Gasteiger partial charge in [0.05, 0.1) is 13.2 Å². The number of hydrogen-bond donors (Lipinski definition) is 1. The second-order valence-electron chi connectivity index (χ2n) is 10.1. The molecule has 0 radical (unpaired) electrons. The molecule has 0 aliphatic carbocycles. The summed E-state index contributed by atoms with van der Waals surface area (Å²) >= 11 is 0. The summed E-state index contributed by atoms with van der Waals surface area (Å²) in [5.74, 6) is 0.672. The molecule has 2 aliphatic heterocycles. The number of aromatic nitrogens is 1. The summed E-state index contributed by atoms with van der Waals surface area (Å²) in [5.41, 5.74) is 5.11. The van der Waals surface area contributed by atoms with Crippen LogP contribution in [0.5, 0.6) is 5.75 Å². The van der Waals surface area contributed by atoms with Crippen molar-refractivity contribution in [1.82, 2.24) is 14.8 Å². The van der Waals surface area contributed by atoms with Crippen molar-refractivity contribution in [3.8, 4) is 5.75 Å². The quantitative estimate of drug-likeness (QED) is 0.368. The van der Waals surface area contributed by atoms with Crippen molar-refractivity contribution in [1.29, 1.82) is 0 Å². The lowest BCUT2D eigenvalue weighted by molar-refractivity contribution is -0.159. The number of carbonyl (C=O) groups excluding carboxylic acids is 2. The molecule has 2 atom stereocenters. The third-order valence-electron chi connectivity index (χ3n) is 7.97. The minimum atomic E-state index is -0.572. The van der Waals surface area contributed by atoms with Crippen molar-refractivity contribution < 1.29 is 14.3 Å². The summed E-state index contributed by atoms with van der Waals surface area (Å²) < 4.78 is 5.37. The summed E-state index contributed by atoms with van der Waals surface area (Å²) in [6.45, 7) is 0.412. The highest BCUT2D eigenvalue weighted by molar-refractivity contribution is 5.98. The van der Waals surface area contributed by atoms with Crippen molar-refractivity contribution in [3.05, 3.63) is 113 Å². The number of piperazine rings is 1. The van der Waals surface area contributed by atoms with Gasteiger partial charge < -0.3 is 19.5 Å². The first-order valence-electron chi connectivity index (χ1n) is 12.9. The van der Waals surface area contributed by atoms with E-state index in [4.69, 9.17) is 4.74 Å². The molecule has 0 bridgehead atoms. The molecule has 1 aromatic heterocycles. The standard InChI is InChI=1S/C32H27N3O3/c1-38-22-11-6-8-20(16-22)18-34-19-29(36)35-28(32(34)37)17-26-24-13-4-5-15-27(24)33-30(26)31(35)25-14-7-10-21-9-2-3-12-23(21)25/h2-16,28,31,33H,17-19H2,1H3. The fraction of sp³-hybridized carbons (Fsp3) is 0.188. The first kappa shape index (κ1) is 22.6. The maximum atomic E-state index is 14.1. The summed E-state index contributed by atoms with van der Waals surface area (Å²) in [6.07, 6.45) is 0.486. The molecule has 5 aromatic rings. The minimum absolute atomic E-state index is 0.0198. The van der Waals surface area contributed by atoms with Crippen LogP contribution in [0.2, 0.25) is 0 Å². The van der Waals surface area contributed by atoms with Crippen LogP contribution < -0.4 is 4.74 Å². The Morgan fingerprint density at radius 2 is 1.66 bits per heavy atom. The summed E-state index contributed by atoms with van der Waals surface area (Å²) in [5, 5.41) is 3.31. The lowest BCUT2D eigenvalue weighted by Gasteiger charge is -2.47. The highest BCUT2D eigenvalue weighted by Gasteiger charge is 2.48. The van der Waals surface area contributed by atoms with Crippen LogP contribution in [0, 0.1) is 0 Å². The Morgan fingerprint density at radius 3 is 2.53 bits per heavy atom. The van der Waals surface area contributed by atoms with E-state index in [1.54, 1.807) is 12.0 Å². The van der Waals surface area contributed by atoms with Crippen LogP contribution in [0.3, 0.4) is 0 Å². The van der Waals surface area contributed by atoms with Gasteiger partial charge in [0.2, 0.25) is 11.8 Å². The lowest BCUT2D eigenvalue weighted by Crippen LogP contribution is -2.62. The number of rotatable bonds is 4. The van der Waals surface area contributed by atoms with Crippen LogP contribution in [0.4, 0.5) is 0 Å². The van der Waals surface area contributed by atoms with Gasteiger partial charge in [-0.15, -0.1) is 0 Å². The predicted octanol–water partition coefficient (Wildman–Crippen LogP) is 5.21. The second-order valence-corrected chi connectivity index (χ2v) is 10.1. The van der Waals surface area contributed by atoms with E-state index in [1.807, 2.05) is 59.5 Å². The van der Waals surface area contributed by atoms with Gasteiger partial charge >= 0.3 is 0 Å². The van der Waals surface area contributed by atoms with Gasteiger partial charge in [0, 0.05) is 29.6 Å². The number of amides is 2. The molecule has 0 spiro atoms. The number of fused-ring (bicyclic) bond motifs is 5. The SMILES string of the molecule is COc1cccc(CN2CC(=O)N3C(Cc4c([nH]c5ccccc45)C3c3cccc4ccccc34)C2=O)c1. The highest BCUT2D eigenvalue weighted by atomic mass is 16.5. The molecule has 2 amide bonds. The van der Waals surface area contributed by atoms with Gasteiger partial charge in [0.25, 0.3) is 0 Å². The third-order valence-corrected chi connectivity index (χ3v) is 7.97. The first-order valence-corrected chi connectivity index (χ1v) is 12.9. The third kappa shape index (κ3) is 3.48. The number of para-hydroxylation sites is 1. The van der Waals surface area contributed by atoms with Gasteiger partial charge in [-0.3, -0.25) is 9.59 Å². The number of ether oxygens (including phenoxy) is 1. The van der Waals surface area contributed by atoms with E-state index in [0.29, 0.717) is 13.0 Å². The fourth-order valence-corrected chi connectivity index (χ4v) is 6.26. The Morgan fingerprint density at radius 1 is 0.895 bits per heavy atom. The van der Waals surface area contributed by atoms with Crippen LogP contribution in [0.15, 0.2) is 91.0 Å². The Balaban J connectivity index is 1.36. The molecule has 2 unspecified atom stereocenters. The molecule has 1 saturated heterocycles. The Kier molecular flexibility index (Phi) is 5.22. The predicted molar refractivity (Wildman–Crippen MR) is 147 cm³/mol. The van der Waals surface area contributed by atoms with Crippen LogP contribution in [0.25, 0.3) is 21.7 Å². The summed E-state index contributed by atoms with van der Waals surface area (Å²) in [7, 11) is 1.63. The normalized spacial score (nSPS) is 19.1. The Hall–Kier alpha value is -4.58. The number of nitrogens with one attached hydrogen (secondary N) is 1. The van der Waals surface area contributed by atoms with E-state index < -0.39 is 6.04 Å². The molecule has 0 saturated carbocycles. The largest absolute Gasteiger partial charge is 0.497 e. The average Bonchev–Trinajstić information content (AvgIpc) is 3.33. The Labute approximate surface area is 220 Å². The molecule has 3 heterocycles. The van der Waals surface area contributed by atoms with E-state index in [9.17, 15) is 9.59 Å². The minimum Gasteiger partial charge on any atom is -0.497 e. The van der Waals surface area contributed by atoms with E-state index in [0.717, 1.165) is 49.8 Å². The fourth-order valence-electron chi connectivity index (χ4n) is 6.26. The maximum Gasteiger partial charge on any atom is 0.246 e. The van der Waals surface area contributed by atoms with Crippen LogP contribution in [-0.2, 0) is 22.6 Å². The van der Waals surface area contributed by atoms with Gasteiger partial charge in [0.1, 0.15) is 18.3 Å². The molecule has 188 valence electrons. The number of hydrogen-bond acceptors (Lipinski definition) is 3. The molecular formula is C32H27N3O3. The van der Waals surface area contributed by atoms with E-state index in [-0.39, 0.29) is 24.4 Å². The van der Waals surface area contributed by atoms with Crippen LogP contribution in [0.1, 0.15) is 28.4 Å². The van der Waals surface area contributed by atoms with Gasteiger partial charge in [-0.05, 0) is 45.7 Å². The molecule has 1 N–H and O–H groups in total. The van der Waals surface area contributed by atoms with Crippen molar-refractivity contribution >= 4 is 33.5 Å². The Bertz CT molecular complexity index is 1720. The molecule has 4 aromatic carbocycles. The molecule has 2 aliphatic rings. The van der Waals surface area contributed by atoms with Gasteiger partial charge in [-0.2, -0.15) is 0 Å². The van der Waals surface area contributed by atoms with Crippen molar-refractivity contribution in [2.45, 2.75) is 25.0 Å². The monoisotopic (exact) mass is 501 g/mol. The average molecular weight is 502 g/mol. The van der Waals surface area contributed by atoms with E-state index >= 15 is 0 Å². The van der Waals surface area contributed by atoms with E-state index in [2.05, 4.69) is 41.4 Å². The molecule has 1 fully saturated rings. The first-order chi connectivity index (χ1) is 18.6. The molecular weight excluding hydrogens is 474 g/mol. The smallest absolute Gasteiger partial charge is 0.246 e. The number of benzene rings is 4. The zero-order valence-corrected chi connectivity index (χ0v) is 21.1. The van der Waals surface area contributed by atoms with Crippen molar-refractivity contribution in [2.24, 2.45) is 0 Å². The van der Waals surface area contributed by atoms with E-state index in [1.165, 1.54) is 0 Å². The number of nitrogens with zero attached hydrogens (tertiary/aromatic N) is 2. The summed E-state index contributed by atoms with van der Waals surface area (Å²) in [4.78, 5) is 35.2. The number of methoxy groups -OCH3 is 1. The van der Waals surface area contributed by atoms with Gasteiger partial charge in [0.15, 0.2) is 0 Å². The topological polar surface area (TPSA) is 65.6 Å². The zero-order valence-electron chi connectivity index (χ0n) is 21.1. The zero-order chi connectivity index (χ0) is 25.8. The molecule has 6 nitrogen and oxygen atoms in total. The van der Waals surface area contributed by atoms with Gasteiger partial charge in [-0.1, -0.05) is 72.8 Å². The number of H-pyrrole nitrogens is 1. The summed E-state index contributed by atoms with van der Waals surface area (Å²) in [6, 6.07) is 29.4. The van der Waals surface area contributed by atoms with Gasteiger partial charge in [-0.25, -0.2) is 0 Å². The van der Waals surface area contributed by atoms with Crippen molar-refractivity contribution in [3.63, 3.8) is 0 Å². The van der Waals surface area contributed by atoms with Crippen LogP contribution in [-0.4, -0.2) is 46.3 Å². The molecule has 7 rings (SSSR count).